The van der Waals surface area contributed by atoms with Gasteiger partial charge in [-0.2, -0.15) is 18.6 Å². The Morgan fingerprint density at radius 2 is 1.94 bits per heavy atom. The van der Waals surface area contributed by atoms with Crippen LogP contribution < -0.4 is 11.1 Å². The summed E-state index contributed by atoms with van der Waals surface area (Å²) in [5.74, 6) is -0.951. The average Bonchev–Trinajstić information content (AvgIpc) is 3.23. The molecule has 190 valence electrons. The fraction of sp³-hybridized carbons (Fsp3) is 0.462. The summed E-state index contributed by atoms with van der Waals surface area (Å²) in [5.41, 5.74) is 6.07. The first-order valence-corrected chi connectivity index (χ1v) is 13.6. The van der Waals surface area contributed by atoms with Crippen LogP contribution in [0, 0.1) is 5.92 Å². The average molecular weight is 548 g/mol. The third-order valence-corrected chi connectivity index (χ3v) is 8.23. The van der Waals surface area contributed by atoms with Crippen LogP contribution in [0.4, 0.5) is 16.2 Å². The minimum absolute atomic E-state index is 0.126. The highest BCUT2D eigenvalue weighted by molar-refractivity contribution is 7.66. The van der Waals surface area contributed by atoms with Gasteiger partial charge in [-0.3, -0.25) is 9.09 Å². The Balaban J connectivity index is 1.78. The highest BCUT2D eigenvalue weighted by atomic mass is 31.3. The maximum absolute atomic E-state index is 15.2. The van der Waals surface area contributed by atoms with E-state index in [1.54, 1.807) is 7.05 Å². The summed E-state index contributed by atoms with van der Waals surface area (Å²) in [6, 6.07) is 0. The molecule has 0 bridgehead atoms. The molecule has 2 aromatic heterocycles. The predicted octanol–water partition coefficient (Wildman–Crippen LogP) is 0.831. The smallest absolute Gasteiger partial charge is 0.371 e. The normalized spacial score (nSPS) is 26.8. The quantitative estimate of drug-likeness (QED) is 0.178. The highest BCUT2D eigenvalue weighted by Crippen LogP contribution is 2.66. The summed E-state index contributed by atoms with van der Waals surface area (Å²) in [6.07, 6.45) is -2.01. The summed E-state index contributed by atoms with van der Waals surface area (Å²) >= 11 is 0. The standard InChI is InChI=1S/C13H20FN6O11P3/c1-3-6-7(4-28-33(24,25)31-34(26,27)30-32(21,22)23)29-12(8(6)14)20-5-17-9-10(16-2)18-13(15)19-11(9)20/h3,5-8,12H,1,4H2,2H3,(H,24,25)(H,26,27)(H2,21,22,23)(H3,15,16,18,19)/t6-,7-,8-,12-/m1/s1. The van der Waals surface area contributed by atoms with Crippen molar-refractivity contribution in [2.45, 2.75) is 18.5 Å². The molecule has 6 atom stereocenters. The highest BCUT2D eigenvalue weighted by Gasteiger charge is 2.47. The number of hydrogen-bond donors (Lipinski definition) is 6. The molecule has 1 fully saturated rings. The third kappa shape index (κ3) is 6.05. The van der Waals surface area contributed by atoms with Gasteiger partial charge >= 0.3 is 23.5 Å². The number of phosphoric ester groups is 1. The van der Waals surface area contributed by atoms with E-state index >= 15 is 4.39 Å². The SMILES string of the molecule is C=C[C@H]1[C@@H](F)[C@H](n2cnc3c(NC)nc(N)nc32)O[C@@H]1COP(=O)(O)OP(=O)(O)OP(=O)(O)O. The lowest BCUT2D eigenvalue weighted by Crippen LogP contribution is -2.24. The van der Waals surface area contributed by atoms with Crippen LogP contribution in [0.3, 0.4) is 0 Å². The van der Waals surface area contributed by atoms with Gasteiger partial charge in [0.25, 0.3) is 0 Å². The van der Waals surface area contributed by atoms with Crippen molar-refractivity contribution < 1.29 is 55.5 Å². The second-order valence-corrected chi connectivity index (χ2v) is 11.1. The first-order chi connectivity index (χ1) is 15.7. The molecule has 0 aliphatic carbocycles. The lowest BCUT2D eigenvalue weighted by molar-refractivity contribution is -0.0365. The molecule has 2 aromatic rings. The minimum Gasteiger partial charge on any atom is -0.371 e. The Kier molecular flexibility index (Phi) is 7.63. The Labute approximate surface area is 190 Å². The molecular formula is C13H20FN6O11P3. The molecule has 17 nitrogen and oxygen atoms in total. The van der Waals surface area contributed by atoms with Gasteiger partial charge in [-0.1, -0.05) is 6.08 Å². The molecule has 0 amide bonds. The van der Waals surface area contributed by atoms with Gasteiger partial charge in [0.2, 0.25) is 5.95 Å². The molecular weight excluding hydrogens is 528 g/mol. The zero-order valence-electron chi connectivity index (χ0n) is 17.1. The predicted molar refractivity (Wildman–Crippen MR) is 112 cm³/mol. The number of imidazole rings is 1. The molecule has 2 unspecified atom stereocenters. The van der Waals surface area contributed by atoms with Crippen LogP contribution in [0.15, 0.2) is 19.0 Å². The number of aromatic nitrogens is 4. The maximum Gasteiger partial charge on any atom is 0.490 e. The van der Waals surface area contributed by atoms with Gasteiger partial charge in [0.05, 0.1) is 19.0 Å². The topological polar surface area (TPSA) is 251 Å². The van der Waals surface area contributed by atoms with Crippen molar-refractivity contribution in [3.05, 3.63) is 19.0 Å². The van der Waals surface area contributed by atoms with Crippen LogP contribution in [0.2, 0.25) is 0 Å². The number of nitrogens with two attached hydrogens (primary N) is 1. The number of nitrogens with one attached hydrogen (secondary N) is 1. The number of nitrogens with zero attached hydrogens (tertiary/aromatic N) is 4. The van der Waals surface area contributed by atoms with E-state index in [1.807, 2.05) is 0 Å². The van der Waals surface area contributed by atoms with Crippen molar-refractivity contribution in [3.63, 3.8) is 0 Å². The van der Waals surface area contributed by atoms with E-state index in [2.05, 4.69) is 40.0 Å². The van der Waals surface area contributed by atoms with E-state index in [0.717, 1.165) is 6.08 Å². The Morgan fingerprint density at radius 1 is 1.26 bits per heavy atom. The first kappa shape index (κ1) is 26.8. The number of alkyl halides is 1. The zero-order chi connectivity index (χ0) is 25.5. The van der Waals surface area contributed by atoms with Gasteiger partial charge in [-0.15, -0.1) is 6.58 Å². The summed E-state index contributed by atoms with van der Waals surface area (Å²) in [6.45, 7) is 2.64. The van der Waals surface area contributed by atoms with Crippen LogP contribution in [0.1, 0.15) is 6.23 Å². The van der Waals surface area contributed by atoms with Gasteiger partial charge in [-0.05, 0) is 0 Å². The number of anilines is 2. The maximum atomic E-state index is 15.2. The lowest BCUT2D eigenvalue weighted by Gasteiger charge is -2.19. The first-order valence-electron chi connectivity index (χ1n) is 9.04. The second-order valence-electron chi connectivity index (χ2n) is 6.71. The van der Waals surface area contributed by atoms with E-state index in [1.165, 1.54) is 10.9 Å². The number of rotatable bonds is 10. The molecule has 1 aliphatic heterocycles. The molecule has 34 heavy (non-hydrogen) atoms. The molecule has 3 rings (SSSR count). The fourth-order valence-electron chi connectivity index (χ4n) is 3.16. The van der Waals surface area contributed by atoms with Crippen LogP contribution in [0.25, 0.3) is 11.2 Å². The summed E-state index contributed by atoms with van der Waals surface area (Å²) in [7, 11) is -15.1. The van der Waals surface area contributed by atoms with Gasteiger partial charge < -0.3 is 35.4 Å². The molecule has 0 saturated carbocycles. The van der Waals surface area contributed by atoms with Crippen LogP contribution in [-0.4, -0.2) is 65.0 Å². The molecule has 1 saturated heterocycles. The summed E-state index contributed by atoms with van der Waals surface area (Å²) in [5, 5.41) is 2.77. The van der Waals surface area contributed by atoms with Gasteiger partial charge in [0.15, 0.2) is 29.4 Å². The van der Waals surface area contributed by atoms with E-state index in [0.29, 0.717) is 0 Å². The van der Waals surface area contributed by atoms with Crippen molar-refractivity contribution in [3.8, 4) is 0 Å². The number of fused-ring (bicyclic) bond motifs is 1. The van der Waals surface area contributed by atoms with Crippen molar-refractivity contribution >= 4 is 46.4 Å². The molecule has 1 aliphatic rings. The van der Waals surface area contributed by atoms with E-state index in [4.69, 9.17) is 20.3 Å². The summed E-state index contributed by atoms with van der Waals surface area (Å²) in [4.78, 5) is 48.1. The minimum atomic E-state index is -5.70. The van der Waals surface area contributed by atoms with E-state index in [9.17, 15) is 23.5 Å². The van der Waals surface area contributed by atoms with Crippen molar-refractivity contribution in [2.75, 3.05) is 24.7 Å². The van der Waals surface area contributed by atoms with Crippen LogP contribution >= 0.6 is 23.5 Å². The van der Waals surface area contributed by atoms with Gasteiger partial charge in [0.1, 0.15) is 0 Å². The molecule has 21 heteroatoms. The van der Waals surface area contributed by atoms with Crippen LogP contribution in [-0.2, 0) is 31.6 Å². The van der Waals surface area contributed by atoms with Crippen LogP contribution in [0.5, 0.6) is 0 Å². The number of ether oxygens (including phenoxy) is 1. The lowest BCUT2D eigenvalue weighted by atomic mass is 10.00. The van der Waals surface area contributed by atoms with Crippen molar-refractivity contribution in [1.29, 1.82) is 0 Å². The Bertz CT molecular complexity index is 1220. The monoisotopic (exact) mass is 548 g/mol. The molecule has 0 spiro atoms. The van der Waals surface area contributed by atoms with Crippen molar-refractivity contribution in [2.24, 2.45) is 5.92 Å². The van der Waals surface area contributed by atoms with Gasteiger partial charge in [0, 0.05) is 13.0 Å². The van der Waals surface area contributed by atoms with Crippen molar-refractivity contribution in [1.82, 2.24) is 19.5 Å². The van der Waals surface area contributed by atoms with E-state index in [-0.39, 0.29) is 22.9 Å². The molecule has 0 aromatic carbocycles. The molecule has 0 radical (unpaired) electrons. The number of halogens is 1. The summed E-state index contributed by atoms with van der Waals surface area (Å²) < 4.78 is 67.9. The second kappa shape index (κ2) is 9.68. The Hall–Kier alpha value is -1.81. The molecule has 3 heterocycles. The number of nitrogen functional groups attached to an aromatic ring is 1. The third-order valence-electron chi connectivity index (χ3n) is 4.42. The zero-order valence-corrected chi connectivity index (χ0v) is 19.8. The molecule has 7 N–H and O–H groups in total. The Morgan fingerprint density at radius 3 is 2.53 bits per heavy atom. The fourth-order valence-corrected chi connectivity index (χ4v) is 6.19. The van der Waals surface area contributed by atoms with Gasteiger partial charge in [-0.25, -0.2) is 23.1 Å². The largest absolute Gasteiger partial charge is 0.490 e. The number of phosphoric acid groups is 3. The van der Waals surface area contributed by atoms with E-state index < -0.39 is 54.5 Å². The number of hydrogen-bond acceptors (Lipinski definition) is 12.